The molecule has 0 spiro atoms. The molecule has 0 radical (unpaired) electrons. The molecule has 0 saturated heterocycles. The van der Waals surface area contributed by atoms with Gasteiger partial charge in [0.15, 0.2) is 5.70 Å². The second kappa shape index (κ2) is 6.48. The molecule has 0 fully saturated rings. The van der Waals surface area contributed by atoms with E-state index in [-0.39, 0.29) is 23.8 Å². The van der Waals surface area contributed by atoms with Gasteiger partial charge < -0.3 is 14.2 Å². The molecular weight excluding hydrogens is 337 g/mol. The normalized spacial score (nSPS) is 17.2. The first-order valence-corrected chi connectivity index (χ1v) is 7.93. The molecule has 0 bridgehead atoms. The van der Waals surface area contributed by atoms with Crippen LogP contribution in [-0.4, -0.2) is 25.6 Å². The number of benzene rings is 2. The average Bonchev–Trinajstić information content (AvgIpc) is 3.02. The van der Waals surface area contributed by atoms with Crippen LogP contribution in [0, 0.1) is 5.82 Å². The summed E-state index contributed by atoms with van der Waals surface area (Å²) >= 11 is 0. The van der Waals surface area contributed by atoms with Crippen molar-refractivity contribution in [1.29, 1.82) is 0 Å². The van der Waals surface area contributed by atoms with Crippen molar-refractivity contribution in [3.63, 3.8) is 0 Å². The number of carbonyl (C=O) groups excluding carboxylic acids is 1. The second-order valence-corrected chi connectivity index (χ2v) is 5.73. The van der Waals surface area contributed by atoms with E-state index in [4.69, 9.17) is 14.2 Å². The average molecular weight is 351 g/mol. The first-order valence-electron chi connectivity index (χ1n) is 7.93. The van der Waals surface area contributed by atoms with E-state index in [1.165, 1.54) is 12.1 Å². The third-order valence-corrected chi connectivity index (χ3v) is 4.00. The van der Waals surface area contributed by atoms with E-state index >= 15 is 0 Å². The molecule has 130 valence electrons. The zero-order valence-corrected chi connectivity index (χ0v) is 13.9. The molecule has 0 saturated carbocycles. The largest absolute Gasteiger partial charge is 0.497 e. The highest BCUT2D eigenvalue weighted by molar-refractivity contribution is 6.11. The maximum atomic E-state index is 13.8. The molecule has 4 rings (SSSR count). The summed E-state index contributed by atoms with van der Waals surface area (Å²) in [5, 5.41) is 0. The van der Waals surface area contributed by atoms with E-state index < -0.39 is 11.8 Å². The highest BCUT2D eigenvalue weighted by Crippen LogP contribution is 2.31. The Balaban J connectivity index is 1.65. The number of aliphatic imine (C=N–C) groups is 1. The quantitative estimate of drug-likeness (QED) is 0.627. The van der Waals surface area contributed by atoms with Crippen LogP contribution in [0.25, 0.3) is 6.08 Å². The lowest BCUT2D eigenvalue weighted by molar-refractivity contribution is -0.130. The van der Waals surface area contributed by atoms with Crippen molar-refractivity contribution in [3.8, 4) is 11.5 Å². The predicted octanol–water partition coefficient (Wildman–Crippen LogP) is 3.50. The molecule has 2 aromatic rings. The van der Waals surface area contributed by atoms with Crippen molar-refractivity contribution in [2.45, 2.75) is 0 Å². The fourth-order valence-electron chi connectivity index (χ4n) is 2.71. The van der Waals surface area contributed by atoms with Crippen LogP contribution in [0.3, 0.4) is 0 Å². The minimum absolute atomic E-state index is 0.0400. The second-order valence-electron chi connectivity index (χ2n) is 5.73. The lowest BCUT2D eigenvalue weighted by atomic mass is 10.1. The third-order valence-electron chi connectivity index (χ3n) is 4.00. The summed E-state index contributed by atoms with van der Waals surface area (Å²) in [7, 11) is 1.59. The van der Waals surface area contributed by atoms with Gasteiger partial charge in [-0.2, -0.15) is 0 Å². The van der Waals surface area contributed by atoms with Gasteiger partial charge >= 0.3 is 5.97 Å². The number of methoxy groups -OCH3 is 1. The number of hydrogen-bond acceptors (Lipinski definition) is 5. The number of cyclic esters (lactones) is 1. The molecule has 5 nitrogen and oxygen atoms in total. The van der Waals surface area contributed by atoms with Gasteiger partial charge in [-0.05, 0) is 42.0 Å². The van der Waals surface area contributed by atoms with E-state index in [1.807, 2.05) is 18.2 Å². The van der Waals surface area contributed by atoms with E-state index in [1.54, 1.807) is 31.4 Å². The van der Waals surface area contributed by atoms with E-state index in [0.29, 0.717) is 11.5 Å². The van der Waals surface area contributed by atoms with E-state index in [0.717, 1.165) is 11.1 Å². The number of halogens is 1. The molecule has 2 aromatic carbocycles. The number of fused-ring (bicyclic) bond motifs is 1. The molecule has 0 amide bonds. The molecule has 2 aliphatic heterocycles. The summed E-state index contributed by atoms with van der Waals surface area (Å²) in [6, 6.07) is 11.5. The van der Waals surface area contributed by atoms with Crippen LogP contribution in [-0.2, 0) is 9.53 Å². The number of carbonyl (C=O) groups is 1. The maximum Gasteiger partial charge on any atom is 0.363 e. The van der Waals surface area contributed by atoms with Crippen LogP contribution in [0.15, 0.2) is 64.8 Å². The van der Waals surface area contributed by atoms with Crippen LogP contribution in [0.2, 0.25) is 0 Å². The topological polar surface area (TPSA) is 57.1 Å². The zero-order chi connectivity index (χ0) is 18.1. The third kappa shape index (κ3) is 2.97. The predicted molar refractivity (Wildman–Crippen MR) is 93.6 cm³/mol. The van der Waals surface area contributed by atoms with Crippen molar-refractivity contribution in [2.24, 2.45) is 4.99 Å². The van der Waals surface area contributed by atoms with Gasteiger partial charge in [-0.1, -0.05) is 12.1 Å². The molecule has 6 heteroatoms. The summed E-state index contributed by atoms with van der Waals surface area (Å²) < 4.78 is 29.8. The molecule has 2 heterocycles. The molecular formula is C20H14FNO4. The van der Waals surface area contributed by atoms with Gasteiger partial charge in [0.2, 0.25) is 5.90 Å². The Hall–Kier alpha value is -3.41. The van der Waals surface area contributed by atoms with Crippen LogP contribution in [0.1, 0.15) is 11.1 Å². The van der Waals surface area contributed by atoms with Crippen LogP contribution < -0.4 is 9.47 Å². The molecule has 0 atom stereocenters. The monoisotopic (exact) mass is 351 g/mol. The fraction of sp³-hybridized carbons (Fsp3) is 0.100. The summed E-state index contributed by atoms with van der Waals surface area (Å²) in [4.78, 5) is 16.2. The first kappa shape index (κ1) is 16.1. The molecule has 26 heavy (non-hydrogen) atoms. The van der Waals surface area contributed by atoms with Gasteiger partial charge in [0.1, 0.15) is 23.9 Å². The van der Waals surface area contributed by atoms with Gasteiger partial charge in [-0.25, -0.2) is 14.2 Å². The maximum absolute atomic E-state index is 13.8. The van der Waals surface area contributed by atoms with Crippen molar-refractivity contribution in [3.05, 3.63) is 76.8 Å². The summed E-state index contributed by atoms with van der Waals surface area (Å²) in [6.07, 6.45) is 3.48. The number of hydrogen-bond donors (Lipinski definition) is 0. The standard InChI is InChI=1S/C20H14FNO4/c1-24-14-7-6-13-8-12(11-25-18(13)10-14)9-17-20(23)26-19(22-17)15-4-2-3-5-16(15)21/h2-10H,11H2,1H3/b17-9-. The first-order chi connectivity index (χ1) is 12.6. The summed E-state index contributed by atoms with van der Waals surface area (Å²) in [5.41, 5.74) is 1.88. The van der Waals surface area contributed by atoms with Gasteiger partial charge in [-0.3, -0.25) is 0 Å². The number of nitrogens with zero attached hydrogens (tertiary/aromatic N) is 1. The van der Waals surface area contributed by atoms with E-state index in [9.17, 15) is 9.18 Å². The van der Waals surface area contributed by atoms with Crippen LogP contribution in [0.4, 0.5) is 4.39 Å². The Morgan fingerprint density at radius 3 is 2.88 bits per heavy atom. The number of ether oxygens (including phenoxy) is 3. The SMILES string of the molecule is COc1ccc2c(c1)OCC(/C=C1\N=C(c3ccccc3F)OC1=O)=C2. The minimum atomic E-state index is -0.621. The molecule has 0 aromatic heterocycles. The van der Waals surface area contributed by atoms with Crippen LogP contribution >= 0.6 is 0 Å². The zero-order valence-electron chi connectivity index (χ0n) is 13.9. The smallest absolute Gasteiger partial charge is 0.363 e. The van der Waals surface area contributed by atoms with Crippen LogP contribution in [0.5, 0.6) is 11.5 Å². The lowest BCUT2D eigenvalue weighted by Crippen LogP contribution is -2.08. The van der Waals surface area contributed by atoms with Gasteiger partial charge in [0.25, 0.3) is 0 Å². The molecule has 0 unspecified atom stereocenters. The molecule has 2 aliphatic rings. The van der Waals surface area contributed by atoms with Crippen molar-refractivity contribution in [1.82, 2.24) is 0 Å². The van der Waals surface area contributed by atoms with E-state index in [2.05, 4.69) is 4.99 Å². The van der Waals surface area contributed by atoms with Gasteiger partial charge in [-0.15, -0.1) is 0 Å². The van der Waals surface area contributed by atoms with Crippen molar-refractivity contribution >= 4 is 17.9 Å². The lowest BCUT2D eigenvalue weighted by Gasteiger charge is -2.16. The Kier molecular flexibility index (Phi) is 4.01. The van der Waals surface area contributed by atoms with Gasteiger partial charge in [0.05, 0.1) is 12.7 Å². The highest BCUT2D eigenvalue weighted by Gasteiger charge is 2.26. The Morgan fingerprint density at radius 2 is 2.08 bits per heavy atom. The van der Waals surface area contributed by atoms with Crippen molar-refractivity contribution < 1.29 is 23.4 Å². The van der Waals surface area contributed by atoms with Crippen molar-refractivity contribution in [2.75, 3.05) is 13.7 Å². The molecule has 0 N–H and O–H groups in total. The Labute approximate surface area is 149 Å². The summed E-state index contributed by atoms with van der Waals surface area (Å²) in [5.74, 6) is 0.253. The molecule has 0 aliphatic carbocycles. The van der Waals surface area contributed by atoms with Gasteiger partial charge in [0, 0.05) is 11.6 Å². The number of rotatable bonds is 3. The summed E-state index contributed by atoms with van der Waals surface area (Å²) in [6.45, 7) is 0.279. The fourth-order valence-corrected chi connectivity index (χ4v) is 2.71. The highest BCUT2D eigenvalue weighted by atomic mass is 19.1. The minimum Gasteiger partial charge on any atom is -0.497 e. The Morgan fingerprint density at radius 1 is 1.23 bits per heavy atom. The number of esters is 1. The Bertz CT molecular complexity index is 991.